The molecule has 0 spiro atoms. The van der Waals surface area contributed by atoms with Gasteiger partial charge in [0.1, 0.15) is 6.61 Å². The molecular formula is C9H15F3O2. The molecule has 1 aliphatic rings. The van der Waals surface area contributed by atoms with Gasteiger partial charge >= 0.3 is 6.18 Å². The number of aliphatic hydroxyl groups is 1. The van der Waals surface area contributed by atoms with E-state index in [2.05, 4.69) is 4.74 Å². The van der Waals surface area contributed by atoms with Gasteiger partial charge in [0.25, 0.3) is 0 Å². The summed E-state index contributed by atoms with van der Waals surface area (Å²) in [5.74, 6) is 0. The Balaban J connectivity index is 2.28. The van der Waals surface area contributed by atoms with Gasteiger partial charge in [-0.2, -0.15) is 13.2 Å². The first-order valence-corrected chi connectivity index (χ1v) is 4.73. The van der Waals surface area contributed by atoms with E-state index < -0.39 is 18.2 Å². The predicted octanol–water partition coefficient (Wildman–Crippen LogP) is 2.12. The molecule has 14 heavy (non-hydrogen) atoms. The van der Waals surface area contributed by atoms with Gasteiger partial charge < -0.3 is 9.84 Å². The summed E-state index contributed by atoms with van der Waals surface area (Å²) in [6.45, 7) is -1.28. The van der Waals surface area contributed by atoms with Crippen LogP contribution in [0.15, 0.2) is 0 Å². The molecule has 0 unspecified atom stereocenters. The fraction of sp³-hybridized carbons (Fsp3) is 1.00. The molecule has 0 aromatic heterocycles. The van der Waals surface area contributed by atoms with Gasteiger partial charge in [0.15, 0.2) is 0 Å². The monoisotopic (exact) mass is 212 g/mol. The van der Waals surface area contributed by atoms with Crippen LogP contribution in [-0.4, -0.2) is 31.1 Å². The standard InChI is InChI=1S/C9H15F3O2/c10-9(11,12)7-14-6-8(5-13)3-1-2-4-8/h13H,1-7H2. The molecule has 0 atom stereocenters. The predicted molar refractivity (Wildman–Crippen MR) is 44.9 cm³/mol. The number of halogens is 3. The van der Waals surface area contributed by atoms with Crippen LogP contribution in [0.25, 0.3) is 0 Å². The molecule has 0 amide bonds. The topological polar surface area (TPSA) is 29.5 Å². The van der Waals surface area contributed by atoms with Gasteiger partial charge in [-0.15, -0.1) is 0 Å². The highest BCUT2D eigenvalue weighted by molar-refractivity contribution is 4.83. The Morgan fingerprint density at radius 1 is 1.21 bits per heavy atom. The van der Waals surface area contributed by atoms with Crippen LogP contribution in [0, 0.1) is 5.41 Å². The fourth-order valence-electron chi connectivity index (χ4n) is 1.86. The van der Waals surface area contributed by atoms with Crippen molar-refractivity contribution in [2.45, 2.75) is 31.9 Å². The van der Waals surface area contributed by atoms with E-state index in [1.807, 2.05) is 0 Å². The Morgan fingerprint density at radius 3 is 2.21 bits per heavy atom. The summed E-state index contributed by atoms with van der Waals surface area (Å²) in [6, 6.07) is 0. The third kappa shape index (κ3) is 3.46. The number of hydrogen-bond acceptors (Lipinski definition) is 2. The Labute approximate surface area is 81.1 Å². The minimum absolute atomic E-state index is 0.0169. The maximum atomic E-state index is 11.8. The summed E-state index contributed by atoms with van der Waals surface area (Å²) in [4.78, 5) is 0. The zero-order chi connectivity index (χ0) is 10.7. The van der Waals surface area contributed by atoms with Gasteiger partial charge in [0.05, 0.1) is 13.2 Å². The van der Waals surface area contributed by atoms with Crippen molar-refractivity contribution in [3.63, 3.8) is 0 Å². The quantitative estimate of drug-likeness (QED) is 0.773. The molecule has 5 heteroatoms. The zero-order valence-electron chi connectivity index (χ0n) is 7.94. The van der Waals surface area contributed by atoms with E-state index in [4.69, 9.17) is 5.11 Å². The Bertz CT molecular complexity index is 173. The van der Waals surface area contributed by atoms with Crippen molar-refractivity contribution in [1.82, 2.24) is 0 Å². The molecule has 0 bridgehead atoms. The minimum Gasteiger partial charge on any atom is -0.396 e. The Morgan fingerprint density at radius 2 is 1.79 bits per heavy atom. The first-order valence-electron chi connectivity index (χ1n) is 4.73. The number of rotatable bonds is 4. The molecule has 0 aromatic carbocycles. The summed E-state index contributed by atoms with van der Waals surface area (Å²) in [5.41, 5.74) is -0.411. The largest absolute Gasteiger partial charge is 0.411 e. The minimum atomic E-state index is -4.27. The van der Waals surface area contributed by atoms with Crippen LogP contribution in [0.4, 0.5) is 13.2 Å². The summed E-state index contributed by atoms with van der Waals surface area (Å²) in [7, 11) is 0. The average Bonchev–Trinajstić information content (AvgIpc) is 2.52. The van der Waals surface area contributed by atoms with E-state index in [1.165, 1.54) is 0 Å². The molecule has 1 rings (SSSR count). The Kier molecular flexibility index (Phi) is 3.78. The van der Waals surface area contributed by atoms with Gasteiger partial charge in [-0.1, -0.05) is 12.8 Å². The first-order chi connectivity index (χ1) is 6.47. The molecule has 1 N–H and O–H groups in total. The molecular weight excluding hydrogens is 197 g/mol. The van der Waals surface area contributed by atoms with Crippen molar-refractivity contribution in [3.8, 4) is 0 Å². The summed E-state index contributed by atoms with van der Waals surface area (Å²) in [5, 5.41) is 9.08. The van der Waals surface area contributed by atoms with Crippen LogP contribution in [0.1, 0.15) is 25.7 Å². The number of alkyl halides is 3. The van der Waals surface area contributed by atoms with Crippen LogP contribution in [0.2, 0.25) is 0 Å². The van der Waals surface area contributed by atoms with E-state index in [0.717, 1.165) is 25.7 Å². The van der Waals surface area contributed by atoms with Gasteiger partial charge in [-0.3, -0.25) is 0 Å². The van der Waals surface area contributed by atoms with Crippen molar-refractivity contribution in [3.05, 3.63) is 0 Å². The lowest BCUT2D eigenvalue weighted by molar-refractivity contribution is -0.182. The normalized spacial score (nSPS) is 21.4. The van der Waals surface area contributed by atoms with Crippen LogP contribution < -0.4 is 0 Å². The van der Waals surface area contributed by atoms with E-state index >= 15 is 0 Å². The lowest BCUT2D eigenvalue weighted by Crippen LogP contribution is -2.30. The Hall–Kier alpha value is -0.290. The molecule has 1 saturated carbocycles. The van der Waals surface area contributed by atoms with E-state index in [0.29, 0.717) is 0 Å². The maximum Gasteiger partial charge on any atom is 0.411 e. The molecule has 2 nitrogen and oxygen atoms in total. The second-order valence-corrected chi connectivity index (χ2v) is 3.97. The highest BCUT2D eigenvalue weighted by Gasteiger charge is 2.35. The van der Waals surface area contributed by atoms with E-state index in [9.17, 15) is 13.2 Å². The fourth-order valence-corrected chi connectivity index (χ4v) is 1.86. The third-order valence-electron chi connectivity index (χ3n) is 2.67. The molecule has 0 saturated heterocycles. The first kappa shape index (κ1) is 11.8. The van der Waals surface area contributed by atoms with Crippen molar-refractivity contribution < 1.29 is 23.0 Å². The van der Waals surface area contributed by atoms with Gasteiger partial charge in [-0.25, -0.2) is 0 Å². The molecule has 84 valence electrons. The SMILES string of the molecule is OCC1(COCC(F)(F)F)CCCC1. The number of ether oxygens (including phenoxy) is 1. The van der Waals surface area contributed by atoms with E-state index in [1.54, 1.807) is 0 Å². The maximum absolute atomic E-state index is 11.8. The third-order valence-corrected chi connectivity index (χ3v) is 2.67. The summed E-state index contributed by atoms with van der Waals surface area (Å²) < 4.78 is 39.9. The molecule has 1 aliphatic carbocycles. The van der Waals surface area contributed by atoms with Gasteiger partial charge in [0, 0.05) is 5.41 Å². The lowest BCUT2D eigenvalue weighted by atomic mass is 9.88. The van der Waals surface area contributed by atoms with Crippen LogP contribution in [0.3, 0.4) is 0 Å². The van der Waals surface area contributed by atoms with Crippen molar-refractivity contribution in [2.75, 3.05) is 19.8 Å². The zero-order valence-corrected chi connectivity index (χ0v) is 7.94. The van der Waals surface area contributed by atoms with Crippen LogP contribution in [0.5, 0.6) is 0 Å². The molecule has 0 aliphatic heterocycles. The highest BCUT2D eigenvalue weighted by atomic mass is 19.4. The average molecular weight is 212 g/mol. The van der Waals surface area contributed by atoms with Crippen molar-refractivity contribution in [2.24, 2.45) is 5.41 Å². The molecule has 1 fully saturated rings. The summed E-state index contributed by atoms with van der Waals surface area (Å²) in [6.07, 6.45) is -0.802. The molecule has 0 radical (unpaired) electrons. The van der Waals surface area contributed by atoms with Crippen LogP contribution >= 0.6 is 0 Å². The smallest absolute Gasteiger partial charge is 0.396 e. The summed E-state index contributed by atoms with van der Waals surface area (Å²) >= 11 is 0. The van der Waals surface area contributed by atoms with Gasteiger partial charge in [-0.05, 0) is 12.8 Å². The molecule has 0 aromatic rings. The lowest BCUT2D eigenvalue weighted by Gasteiger charge is -2.26. The molecule has 0 heterocycles. The number of aliphatic hydroxyl groups excluding tert-OH is 1. The van der Waals surface area contributed by atoms with Crippen LogP contribution in [-0.2, 0) is 4.74 Å². The highest BCUT2D eigenvalue weighted by Crippen LogP contribution is 2.38. The second kappa shape index (κ2) is 4.49. The second-order valence-electron chi connectivity index (χ2n) is 3.97. The van der Waals surface area contributed by atoms with Crippen molar-refractivity contribution >= 4 is 0 Å². The number of hydrogen-bond donors (Lipinski definition) is 1. The van der Waals surface area contributed by atoms with Crippen molar-refractivity contribution in [1.29, 1.82) is 0 Å². The van der Waals surface area contributed by atoms with E-state index in [-0.39, 0.29) is 13.2 Å². The van der Waals surface area contributed by atoms with Gasteiger partial charge in [0.2, 0.25) is 0 Å².